The van der Waals surface area contributed by atoms with Crippen LogP contribution >= 0.6 is 0 Å². The third-order valence-corrected chi connectivity index (χ3v) is 2.50. The summed E-state index contributed by atoms with van der Waals surface area (Å²) in [5.74, 6) is 6.89. The Morgan fingerprint density at radius 1 is 1.33 bits per heavy atom. The lowest BCUT2D eigenvalue weighted by molar-refractivity contribution is 0.414. The lowest BCUT2D eigenvalue weighted by Crippen LogP contribution is -2.42. The Morgan fingerprint density at radius 3 is 2.61 bits per heavy atom. The number of benzene rings is 1. The van der Waals surface area contributed by atoms with Gasteiger partial charge in [-0.1, -0.05) is 19.1 Å². The van der Waals surface area contributed by atoms with Gasteiger partial charge in [0.2, 0.25) is 5.96 Å². The lowest BCUT2D eigenvalue weighted by Gasteiger charge is -2.09. The largest absolute Gasteiger partial charge is 0.497 e. The second kappa shape index (κ2) is 8.36. The molecule has 0 aliphatic heterocycles. The Labute approximate surface area is 108 Å². The number of hydrogen-bond acceptors (Lipinski definition) is 3. The molecule has 0 fully saturated rings. The van der Waals surface area contributed by atoms with Crippen molar-refractivity contribution in [2.75, 3.05) is 20.2 Å². The van der Waals surface area contributed by atoms with Gasteiger partial charge in [-0.2, -0.15) is 0 Å². The summed E-state index contributed by atoms with van der Waals surface area (Å²) in [6.45, 7) is 3.64. The molecular formula is C13H22N4O. The number of hydrazine groups is 1. The van der Waals surface area contributed by atoms with E-state index in [4.69, 9.17) is 10.6 Å². The number of rotatable bonds is 6. The van der Waals surface area contributed by atoms with Crippen LogP contribution in [0, 0.1) is 0 Å². The van der Waals surface area contributed by atoms with Crippen LogP contribution in [0.5, 0.6) is 5.75 Å². The van der Waals surface area contributed by atoms with E-state index in [0.29, 0.717) is 5.96 Å². The fourth-order valence-electron chi connectivity index (χ4n) is 1.49. The van der Waals surface area contributed by atoms with E-state index in [0.717, 1.165) is 31.7 Å². The molecule has 5 nitrogen and oxygen atoms in total. The molecule has 0 radical (unpaired) electrons. The van der Waals surface area contributed by atoms with Gasteiger partial charge in [-0.25, -0.2) is 5.84 Å². The lowest BCUT2D eigenvalue weighted by atomic mass is 10.1. The van der Waals surface area contributed by atoms with Crippen molar-refractivity contribution in [1.82, 2.24) is 10.7 Å². The molecule has 100 valence electrons. The van der Waals surface area contributed by atoms with Crippen molar-refractivity contribution in [2.24, 2.45) is 10.8 Å². The fourth-order valence-corrected chi connectivity index (χ4v) is 1.49. The molecule has 1 aromatic rings. The summed E-state index contributed by atoms with van der Waals surface area (Å²) >= 11 is 0. The van der Waals surface area contributed by atoms with Gasteiger partial charge in [0.05, 0.1) is 7.11 Å². The van der Waals surface area contributed by atoms with E-state index in [2.05, 4.69) is 34.8 Å². The second-order valence-corrected chi connectivity index (χ2v) is 3.90. The summed E-state index contributed by atoms with van der Waals surface area (Å²) in [6.07, 6.45) is 1.92. The first-order chi connectivity index (χ1) is 8.80. The molecule has 0 amide bonds. The van der Waals surface area contributed by atoms with Gasteiger partial charge >= 0.3 is 0 Å². The van der Waals surface area contributed by atoms with Crippen molar-refractivity contribution in [2.45, 2.75) is 19.8 Å². The average Bonchev–Trinajstić information content (AvgIpc) is 2.43. The number of nitrogens with one attached hydrogen (secondary N) is 2. The van der Waals surface area contributed by atoms with E-state index in [1.165, 1.54) is 5.56 Å². The molecule has 0 aliphatic rings. The fraction of sp³-hybridized carbons (Fsp3) is 0.462. The molecule has 0 atom stereocenters. The molecule has 0 aliphatic carbocycles. The molecule has 0 saturated heterocycles. The number of ether oxygens (including phenoxy) is 1. The van der Waals surface area contributed by atoms with Gasteiger partial charge in [0.1, 0.15) is 5.75 Å². The first kappa shape index (κ1) is 14.3. The molecule has 0 spiro atoms. The van der Waals surface area contributed by atoms with Crippen molar-refractivity contribution in [3.63, 3.8) is 0 Å². The van der Waals surface area contributed by atoms with Crippen LogP contribution in [-0.4, -0.2) is 26.2 Å². The van der Waals surface area contributed by atoms with Crippen LogP contribution in [0.4, 0.5) is 0 Å². The summed E-state index contributed by atoms with van der Waals surface area (Å²) < 4.78 is 5.11. The summed E-state index contributed by atoms with van der Waals surface area (Å²) in [4.78, 5) is 4.27. The zero-order valence-corrected chi connectivity index (χ0v) is 11.1. The molecule has 0 heterocycles. The van der Waals surface area contributed by atoms with Crippen molar-refractivity contribution in [3.8, 4) is 5.75 Å². The van der Waals surface area contributed by atoms with Crippen molar-refractivity contribution in [1.29, 1.82) is 0 Å². The minimum absolute atomic E-state index is 0.644. The zero-order valence-electron chi connectivity index (χ0n) is 11.1. The quantitative estimate of drug-likeness (QED) is 0.305. The van der Waals surface area contributed by atoms with Crippen molar-refractivity contribution in [3.05, 3.63) is 29.8 Å². The first-order valence-electron chi connectivity index (χ1n) is 6.18. The van der Waals surface area contributed by atoms with Crippen LogP contribution in [0.15, 0.2) is 29.3 Å². The summed E-state index contributed by atoms with van der Waals surface area (Å²) in [5, 5.41) is 3.16. The normalized spacial score (nSPS) is 11.2. The van der Waals surface area contributed by atoms with Gasteiger partial charge in [-0.15, -0.1) is 0 Å². The third-order valence-electron chi connectivity index (χ3n) is 2.50. The maximum Gasteiger partial charge on any atom is 0.205 e. The molecule has 1 aromatic carbocycles. The Morgan fingerprint density at radius 2 is 2.06 bits per heavy atom. The van der Waals surface area contributed by atoms with Crippen LogP contribution in [0.1, 0.15) is 18.9 Å². The van der Waals surface area contributed by atoms with E-state index >= 15 is 0 Å². The van der Waals surface area contributed by atoms with Crippen LogP contribution in [0.2, 0.25) is 0 Å². The number of methoxy groups -OCH3 is 1. The average molecular weight is 250 g/mol. The maximum atomic E-state index is 5.37. The Balaban J connectivity index is 2.35. The number of nitrogens with two attached hydrogens (primary N) is 1. The standard InChI is InChI=1S/C13H22N4O/c1-3-9-15-13(17-14)16-10-8-11-4-6-12(18-2)7-5-11/h4-7H,3,8-10,14H2,1-2H3,(H2,15,16,17). The number of guanidine groups is 1. The van der Waals surface area contributed by atoms with Gasteiger partial charge in [0.25, 0.3) is 0 Å². The molecule has 0 bridgehead atoms. The molecule has 5 heteroatoms. The number of nitrogens with zero attached hydrogens (tertiary/aromatic N) is 1. The maximum absolute atomic E-state index is 5.37. The highest BCUT2D eigenvalue weighted by Gasteiger charge is 1.97. The molecule has 18 heavy (non-hydrogen) atoms. The number of aliphatic imine (C=N–C) groups is 1. The van der Waals surface area contributed by atoms with Crippen LogP contribution in [0.3, 0.4) is 0 Å². The van der Waals surface area contributed by atoms with Gasteiger partial charge in [0, 0.05) is 13.1 Å². The van der Waals surface area contributed by atoms with Gasteiger partial charge in [-0.3, -0.25) is 10.4 Å². The highest BCUT2D eigenvalue weighted by atomic mass is 16.5. The zero-order chi connectivity index (χ0) is 13.2. The Bertz CT molecular complexity index is 362. The van der Waals surface area contributed by atoms with Crippen molar-refractivity contribution >= 4 is 5.96 Å². The van der Waals surface area contributed by atoms with Crippen LogP contribution in [-0.2, 0) is 6.42 Å². The topological polar surface area (TPSA) is 71.7 Å². The molecule has 4 N–H and O–H groups in total. The van der Waals surface area contributed by atoms with E-state index in [-0.39, 0.29) is 0 Å². The van der Waals surface area contributed by atoms with Crippen LogP contribution < -0.4 is 21.3 Å². The molecule has 1 rings (SSSR count). The molecule has 0 saturated carbocycles. The molecule has 0 aromatic heterocycles. The van der Waals surface area contributed by atoms with E-state index in [9.17, 15) is 0 Å². The molecule has 0 unspecified atom stereocenters. The summed E-state index contributed by atoms with van der Waals surface area (Å²) in [6, 6.07) is 8.03. The highest BCUT2D eigenvalue weighted by Crippen LogP contribution is 2.11. The van der Waals surface area contributed by atoms with Crippen LogP contribution in [0.25, 0.3) is 0 Å². The minimum Gasteiger partial charge on any atom is -0.497 e. The van der Waals surface area contributed by atoms with E-state index < -0.39 is 0 Å². The van der Waals surface area contributed by atoms with Gasteiger partial charge in [-0.05, 0) is 30.5 Å². The Kier molecular flexibility index (Phi) is 6.64. The Hall–Kier alpha value is -1.75. The SMILES string of the molecule is CCCN=C(NN)NCCc1ccc(OC)cc1. The predicted octanol–water partition coefficient (Wildman–Crippen LogP) is 1.06. The van der Waals surface area contributed by atoms with E-state index in [1.54, 1.807) is 7.11 Å². The smallest absolute Gasteiger partial charge is 0.205 e. The first-order valence-corrected chi connectivity index (χ1v) is 6.18. The molecular weight excluding hydrogens is 228 g/mol. The van der Waals surface area contributed by atoms with Gasteiger partial charge in [0.15, 0.2) is 0 Å². The monoisotopic (exact) mass is 250 g/mol. The number of hydrogen-bond donors (Lipinski definition) is 3. The summed E-state index contributed by atoms with van der Waals surface area (Å²) in [5.41, 5.74) is 3.81. The minimum atomic E-state index is 0.644. The highest BCUT2D eigenvalue weighted by molar-refractivity contribution is 5.79. The van der Waals surface area contributed by atoms with E-state index in [1.807, 2.05) is 12.1 Å². The summed E-state index contributed by atoms with van der Waals surface area (Å²) in [7, 11) is 1.67. The predicted molar refractivity (Wildman–Crippen MR) is 74.6 cm³/mol. The second-order valence-electron chi connectivity index (χ2n) is 3.90. The van der Waals surface area contributed by atoms with Gasteiger partial charge < -0.3 is 10.1 Å². The van der Waals surface area contributed by atoms with Crippen molar-refractivity contribution < 1.29 is 4.74 Å². The third kappa shape index (κ3) is 5.05.